The van der Waals surface area contributed by atoms with E-state index in [1.807, 2.05) is 6.08 Å². The van der Waals surface area contributed by atoms with Crippen LogP contribution in [0.5, 0.6) is 0 Å². The Bertz CT molecular complexity index is 595. The molecule has 3 heteroatoms. The predicted molar refractivity (Wildman–Crippen MR) is 95.8 cm³/mol. The summed E-state index contributed by atoms with van der Waals surface area (Å²) in [7, 11) is 0. The first kappa shape index (κ1) is 18.3. The molecule has 2 aliphatic rings. The molecule has 0 bridgehead atoms. The standard InChI is InChI=1S/C22H27F3/c1-2-3-4-15-5-7-16(8-6-15)17-9-11-18(12-10-17)19-13-20(23)22(25)21(24)14-19/h2-4,13-18H,1,5-12H2/b4-3+. The van der Waals surface area contributed by atoms with E-state index >= 15 is 0 Å². The maximum atomic E-state index is 13.5. The Morgan fingerprint density at radius 2 is 1.32 bits per heavy atom. The number of allylic oxidation sites excluding steroid dienone is 3. The van der Waals surface area contributed by atoms with Crippen LogP contribution in [0.15, 0.2) is 36.9 Å². The Balaban J connectivity index is 1.53. The van der Waals surface area contributed by atoms with Crippen LogP contribution in [0.2, 0.25) is 0 Å². The van der Waals surface area contributed by atoms with Gasteiger partial charge in [-0.1, -0.05) is 24.8 Å². The minimum absolute atomic E-state index is 0.160. The molecule has 0 nitrogen and oxygen atoms in total. The summed E-state index contributed by atoms with van der Waals surface area (Å²) in [5, 5.41) is 0. The van der Waals surface area contributed by atoms with E-state index in [4.69, 9.17) is 0 Å². The van der Waals surface area contributed by atoms with Crippen LogP contribution in [0.1, 0.15) is 62.8 Å². The van der Waals surface area contributed by atoms with E-state index < -0.39 is 17.5 Å². The Morgan fingerprint density at radius 1 is 0.800 bits per heavy atom. The van der Waals surface area contributed by atoms with Crippen molar-refractivity contribution in [3.05, 3.63) is 60.0 Å². The zero-order chi connectivity index (χ0) is 17.8. The van der Waals surface area contributed by atoms with Crippen molar-refractivity contribution in [2.45, 2.75) is 57.3 Å². The van der Waals surface area contributed by atoms with E-state index in [1.165, 1.54) is 37.8 Å². The zero-order valence-corrected chi connectivity index (χ0v) is 14.7. The molecule has 2 saturated carbocycles. The second kappa shape index (κ2) is 8.25. The van der Waals surface area contributed by atoms with Gasteiger partial charge in [-0.15, -0.1) is 0 Å². The molecular weight excluding hydrogens is 321 g/mol. The van der Waals surface area contributed by atoms with E-state index in [9.17, 15) is 13.2 Å². The van der Waals surface area contributed by atoms with E-state index in [0.717, 1.165) is 37.5 Å². The Labute approximate surface area is 148 Å². The summed E-state index contributed by atoms with van der Waals surface area (Å²) in [6, 6.07) is 2.36. The molecule has 0 amide bonds. The molecule has 2 fully saturated rings. The topological polar surface area (TPSA) is 0 Å². The van der Waals surface area contributed by atoms with Crippen LogP contribution in [0.25, 0.3) is 0 Å². The third-order valence-electron chi connectivity index (χ3n) is 6.25. The second-order valence-electron chi connectivity index (χ2n) is 7.71. The number of hydrogen-bond acceptors (Lipinski definition) is 0. The molecule has 0 atom stereocenters. The van der Waals surface area contributed by atoms with Crippen molar-refractivity contribution in [2.75, 3.05) is 0 Å². The minimum atomic E-state index is -1.36. The van der Waals surface area contributed by atoms with Gasteiger partial charge < -0.3 is 0 Å². The maximum Gasteiger partial charge on any atom is 0.194 e. The lowest BCUT2D eigenvalue weighted by Crippen LogP contribution is -2.25. The summed E-state index contributed by atoms with van der Waals surface area (Å²) < 4.78 is 40.1. The molecule has 3 rings (SSSR count). The quantitative estimate of drug-likeness (QED) is 0.409. The number of rotatable bonds is 4. The highest BCUT2D eigenvalue weighted by molar-refractivity contribution is 5.23. The molecule has 0 N–H and O–H groups in total. The lowest BCUT2D eigenvalue weighted by molar-refractivity contribution is 0.171. The van der Waals surface area contributed by atoms with Gasteiger partial charge in [0, 0.05) is 0 Å². The number of hydrogen-bond donors (Lipinski definition) is 0. The molecule has 0 saturated heterocycles. The van der Waals surface area contributed by atoms with E-state index in [0.29, 0.717) is 11.5 Å². The fourth-order valence-corrected chi connectivity index (χ4v) is 4.78. The van der Waals surface area contributed by atoms with Crippen LogP contribution in [0.4, 0.5) is 13.2 Å². The van der Waals surface area contributed by atoms with Crippen LogP contribution in [-0.2, 0) is 0 Å². The first-order valence-electron chi connectivity index (χ1n) is 9.52. The Morgan fingerprint density at radius 3 is 1.84 bits per heavy atom. The molecule has 1 aromatic carbocycles. The average Bonchev–Trinajstić information content (AvgIpc) is 2.64. The molecule has 1 aromatic rings. The monoisotopic (exact) mass is 348 g/mol. The summed E-state index contributed by atoms with van der Waals surface area (Å²) in [6.07, 6.45) is 15.4. The maximum absolute atomic E-state index is 13.5. The Kier molecular flexibility index (Phi) is 6.03. The van der Waals surface area contributed by atoms with Gasteiger partial charge in [-0.05, 0) is 92.7 Å². The second-order valence-corrected chi connectivity index (χ2v) is 7.71. The number of benzene rings is 1. The van der Waals surface area contributed by atoms with E-state index in [2.05, 4.69) is 18.7 Å². The van der Waals surface area contributed by atoms with Gasteiger partial charge in [-0.25, -0.2) is 13.2 Å². The van der Waals surface area contributed by atoms with Gasteiger partial charge >= 0.3 is 0 Å². The third-order valence-corrected chi connectivity index (χ3v) is 6.25. The lowest BCUT2D eigenvalue weighted by atomic mass is 9.68. The first-order valence-corrected chi connectivity index (χ1v) is 9.52. The third kappa shape index (κ3) is 4.37. The molecule has 0 radical (unpaired) electrons. The summed E-state index contributed by atoms with van der Waals surface area (Å²) in [6.45, 7) is 3.73. The predicted octanol–water partition coefficient (Wildman–Crippen LogP) is 6.93. The molecule has 0 aromatic heterocycles. The number of halogens is 3. The highest BCUT2D eigenvalue weighted by Gasteiger charge is 2.31. The highest BCUT2D eigenvalue weighted by Crippen LogP contribution is 2.44. The normalized spacial score (nSPS) is 30.5. The van der Waals surface area contributed by atoms with Crippen molar-refractivity contribution >= 4 is 0 Å². The lowest BCUT2D eigenvalue weighted by Gasteiger charge is -2.37. The summed E-state index contributed by atoms with van der Waals surface area (Å²) >= 11 is 0. The highest BCUT2D eigenvalue weighted by atomic mass is 19.2. The molecule has 0 spiro atoms. The molecule has 2 aliphatic carbocycles. The molecule has 0 unspecified atom stereocenters. The fraction of sp³-hybridized carbons (Fsp3) is 0.545. The fourth-order valence-electron chi connectivity index (χ4n) is 4.78. The van der Waals surface area contributed by atoms with Crippen molar-refractivity contribution in [3.8, 4) is 0 Å². The average molecular weight is 348 g/mol. The SMILES string of the molecule is C=C/C=C/C1CCC(C2CCC(c3cc(F)c(F)c(F)c3)CC2)CC1. The van der Waals surface area contributed by atoms with Gasteiger partial charge in [0.2, 0.25) is 0 Å². The first-order chi connectivity index (χ1) is 12.1. The molecular formula is C22H27F3. The van der Waals surface area contributed by atoms with Gasteiger partial charge in [0.05, 0.1) is 0 Å². The van der Waals surface area contributed by atoms with Crippen LogP contribution in [-0.4, -0.2) is 0 Å². The Hall–Kier alpha value is -1.51. The van der Waals surface area contributed by atoms with Crippen LogP contribution in [0.3, 0.4) is 0 Å². The van der Waals surface area contributed by atoms with Gasteiger partial charge in [-0.2, -0.15) is 0 Å². The smallest absolute Gasteiger partial charge is 0.194 e. The van der Waals surface area contributed by atoms with Crippen molar-refractivity contribution in [1.82, 2.24) is 0 Å². The zero-order valence-electron chi connectivity index (χ0n) is 14.7. The van der Waals surface area contributed by atoms with Crippen LogP contribution in [0, 0.1) is 35.2 Å². The molecule has 0 aliphatic heterocycles. The van der Waals surface area contributed by atoms with E-state index in [-0.39, 0.29) is 5.92 Å². The summed E-state index contributed by atoms with van der Waals surface area (Å²) in [5.74, 6) is -1.12. The van der Waals surface area contributed by atoms with E-state index in [1.54, 1.807) is 0 Å². The van der Waals surface area contributed by atoms with Crippen molar-refractivity contribution < 1.29 is 13.2 Å². The van der Waals surface area contributed by atoms with Crippen LogP contribution >= 0.6 is 0 Å². The van der Waals surface area contributed by atoms with Gasteiger partial charge in [0.15, 0.2) is 17.5 Å². The van der Waals surface area contributed by atoms with Crippen molar-refractivity contribution in [3.63, 3.8) is 0 Å². The summed E-state index contributed by atoms with van der Waals surface area (Å²) in [4.78, 5) is 0. The van der Waals surface area contributed by atoms with Gasteiger partial charge in [-0.3, -0.25) is 0 Å². The largest absolute Gasteiger partial charge is 0.204 e. The molecule has 0 heterocycles. The summed E-state index contributed by atoms with van der Waals surface area (Å²) in [5.41, 5.74) is 0.619. The minimum Gasteiger partial charge on any atom is -0.204 e. The van der Waals surface area contributed by atoms with Crippen LogP contribution < -0.4 is 0 Å². The van der Waals surface area contributed by atoms with Gasteiger partial charge in [0.1, 0.15) is 0 Å². The van der Waals surface area contributed by atoms with Crippen molar-refractivity contribution in [1.29, 1.82) is 0 Å². The molecule has 25 heavy (non-hydrogen) atoms. The van der Waals surface area contributed by atoms with Gasteiger partial charge in [0.25, 0.3) is 0 Å². The molecule has 136 valence electrons. The van der Waals surface area contributed by atoms with Crippen molar-refractivity contribution in [2.24, 2.45) is 17.8 Å².